The van der Waals surface area contributed by atoms with E-state index in [2.05, 4.69) is 48.2 Å². The summed E-state index contributed by atoms with van der Waals surface area (Å²) < 4.78 is 0. The zero-order valence-electron chi connectivity index (χ0n) is 12.3. The molecule has 106 valence electrons. The van der Waals surface area contributed by atoms with Crippen LogP contribution < -0.4 is 5.56 Å². The molecule has 0 aliphatic carbocycles. The predicted octanol–water partition coefficient (Wildman–Crippen LogP) is 3.26. The van der Waals surface area contributed by atoms with Crippen LogP contribution in [0.3, 0.4) is 0 Å². The fraction of sp³-hybridized carbons (Fsp3) is 0.167. The molecule has 3 nitrogen and oxygen atoms in total. The summed E-state index contributed by atoms with van der Waals surface area (Å²) >= 11 is 0. The highest BCUT2D eigenvalue weighted by molar-refractivity contribution is 5.84. The Bertz CT molecular complexity index is 816. The number of fused-ring (bicyclic) bond motifs is 1. The Morgan fingerprint density at radius 2 is 1.71 bits per heavy atom. The van der Waals surface area contributed by atoms with Gasteiger partial charge < -0.3 is 9.88 Å². The van der Waals surface area contributed by atoms with Gasteiger partial charge in [0.25, 0.3) is 5.56 Å². The normalized spacial score (nSPS) is 11.2. The Morgan fingerprint density at radius 1 is 1.00 bits per heavy atom. The third kappa shape index (κ3) is 2.88. The van der Waals surface area contributed by atoms with Gasteiger partial charge in [0.15, 0.2) is 0 Å². The molecule has 0 bridgehead atoms. The SMILES string of the molecule is CN(C)Cc1ccc(-c2cc3ccccc3c(=O)[nH]2)cc1. The van der Waals surface area contributed by atoms with Crippen molar-refractivity contribution in [2.24, 2.45) is 0 Å². The number of aromatic nitrogens is 1. The fourth-order valence-corrected chi connectivity index (χ4v) is 2.52. The summed E-state index contributed by atoms with van der Waals surface area (Å²) in [5, 5.41) is 1.69. The zero-order chi connectivity index (χ0) is 14.8. The van der Waals surface area contributed by atoms with E-state index in [1.165, 1.54) is 5.56 Å². The van der Waals surface area contributed by atoms with E-state index in [-0.39, 0.29) is 5.56 Å². The molecule has 3 aromatic rings. The maximum absolute atomic E-state index is 12.1. The molecule has 0 saturated heterocycles. The van der Waals surface area contributed by atoms with E-state index >= 15 is 0 Å². The molecular weight excluding hydrogens is 260 g/mol. The van der Waals surface area contributed by atoms with Gasteiger partial charge in [0, 0.05) is 17.6 Å². The van der Waals surface area contributed by atoms with Crippen LogP contribution in [0.15, 0.2) is 59.4 Å². The summed E-state index contributed by atoms with van der Waals surface area (Å²) in [6.07, 6.45) is 0. The molecule has 0 amide bonds. The van der Waals surface area contributed by atoms with Gasteiger partial charge in [0.05, 0.1) is 0 Å². The van der Waals surface area contributed by atoms with Crippen molar-refractivity contribution in [1.29, 1.82) is 0 Å². The third-order valence-corrected chi connectivity index (χ3v) is 3.52. The van der Waals surface area contributed by atoms with Crippen LogP contribution in [0.5, 0.6) is 0 Å². The Balaban J connectivity index is 2.02. The van der Waals surface area contributed by atoms with Crippen LogP contribution in [-0.4, -0.2) is 24.0 Å². The molecule has 0 unspecified atom stereocenters. The summed E-state index contributed by atoms with van der Waals surface area (Å²) in [6, 6.07) is 18.0. The minimum atomic E-state index is -0.0412. The second-order valence-corrected chi connectivity index (χ2v) is 5.53. The Morgan fingerprint density at radius 3 is 2.43 bits per heavy atom. The Hall–Kier alpha value is -2.39. The molecule has 3 rings (SSSR count). The van der Waals surface area contributed by atoms with Gasteiger partial charge in [0.2, 0.25) is 0 Å². The summed E-state index contributed by atoms with van der Waals surface area (Å²) in [7, 11) is 4.10. The average molecular weight is 278 g/mol. The Kier molecular flexibility index (Phi) is 3.59. The van der Waals surface area contributed by atoms with Crippen molar-refractivity contribution in [2.45, 2.75) is 6.54 Å². The van der Waals surface area contributed by atoms with Gasteiger partial charge in [-0.05, 0) is 42.7 Å². The third-order valence-electron chi connectivity index (χ3n) is 3.52. The maximum atomic E-state index is 12.1. The van der Waals surface area contributed by atoms with E-state index in [9.17, 15) is 4.79 Å². The van der Waals surface area contributed by atoms with E-state index in [1.807, 2.05) is 30.3 Å². The number of rotatable bonds is 3. The highest BCUT2D eigenvalue weighted by atomic mass is 16.1. The van der Waals surface area contributed by atoms with Crippen molar-refractivity contribution >= 4 is 10.8 Å². The van der Waals surface area contributed by atoms with Crippen molar-refractivity contribution in [3.8, 4) is 11.3 Å². The van der Waals surface area contributed by atoms with Crippen molar-refractivity contribution in [2.75, 3.05) is 14.1 Å². The zero-order valence-corrected chi connectivity index (χ0v) is 12.3. The van der Waals surface area contributed by atoms with E-state index in [1.54, 1.807) is 0 Å². The molecule has 0 aliphatic rings. The summed E-state index contributed by atoms with van der Waals surface area (Å²) in [4.78, 5) is 17.2. The minimum Gasteiger partial charge on any atom is -0.321 e. The molecule has 0 aliphatic heterocycles. The minimum absolute atomic E-state index is 0.0412. The topological polar surface area (TPSA) is 36.1 Å². The van der Waals surface area contributed by atoms with Crippen molar-refractivity contribution in [3.63, 3.8) is 0 Å². The molecule has 0 radical (unpaired) electrons. The van der Waals surface area contributed by atoms with Gasteiger partial charge >= 0.3 is 0 Å². The van der Waals surface area contributed by atoms with E-state index in [0.29, 0.717) is 0 Å². The predicted molar refractivity (Wildman–Crippen MR) is 87.4 cm³/mol. The van der Waals surface area contributed by atoms with E-state index in [4.69, 9.17) is 0 Å². The number of aromatic amines is 1. The number of H-pyrrole nitrogens is 1. The second kappa shape index (κ2) is 5.54. The highest BCUT2D eigenvalue weighted by Gasteiger charge is 2.04. The van der Waals surface area contributed by atoms with Gasteiger partial charge in [-0.15, -0.1) is 0 Å². The van der Waals surface area contributed by atoms with Crippen molar-refractivity contribution in [1.82, 2.24) is 9.88 Å². The largest absolute Gasteiger partial charge is 0.321 e. The fourth-order valence-electron chi connectivity index (χ4n) is 2.52. The molecule has 0 spiro atoms. The average Bonchev–Trinajstić information content (AvgIpc) is 2.47. The van der Waals surface area contributed by atoms with Crippen molar-refractivity contribution in [3.05, 3.63) is 70.5 Å². The number of nitrogens with zero attached hydrogens (tertiary/aromatic N) is 1. The number of pyridine rings is 1. The molecule has 21 heavy (non-hydrogen) atoms. The molecule has 0 fully saturated rings. The summed E-state index contributed by atoms with van der Waals surface area (Å²) in [5.74, 6) is 0. The van der Waals surface area contributed by atoms with E-state index in [0.717, 1.165) is 28.6 Å². The number of hydrogen-bond acceptors (Lipinski definition) is 2. The number of hydrogen-bond donors (Lipinski definition) is 1. The van der Waals surface area contributed by atoms with Gasteiger partial charge in [-0.1, -0.05) is 42.5 Å². The highest BCUT2D eigenvalue weighted by Crippen LogP contribution is 2.20. The first kappa shape index (κ1) is 13.6. The molecule has 0 saturated carbocycles. The van der Waals surface area contributed by atoms with Crippen molar-refractivity contribution < 1.29 is 0 Å². The van der Waals surface area contributed by atoms with Gasteiger partial charge in [0.1, 0.15) is 0 Å². The first-order valence-corrected chi connectivity index (χ1v) is 6.99. The summed E-state index contributed by atoms with van der Waals surface area (Å²) in [6.45, 7) is 0.911. The number of benzene rings is 2. The second-order valence-electron chi connectivity index (χ2n) is 5.53. The summed E-state index contributed by atoms with van der Waals surface area (Å²) in [5.41, 5.74) is 3.10. The quantitative estimate of drug-likeness (QED) is 0.798. The lowest BCUT2D eigenvalue weighted by atomic mass is 10.1. The van der Waals surface area contributed by atoms with Crippen LogP contribution in [0.4, 0.5) is 0 Å². The van der Waals surface area contributed by atoms with Gasteiger partial charge in [-0.3, -0.25) is 4.79 Å². The van der Waals surface area contributed by atoms with Crippen LogP contribution in [0.2, 0.25) is 0 Å². The molecule has 1 aromatic heterocycles. The molecule has 0 atom stereocenters. The van der Waals surface area contributed by atoms with E-state index < -0.39 is 0 Å². The van der Waals surface area contributed by atoms with Crippen LogP contribution in [0.1, 0.15) is 5.56 Å². The van der Waals surface area contributed by atoms with Crippen LogP contribution in [0.25, 0.3) is 22.0 Å². The lowest BCUT2D eigenvalue weighted by Gasteiger charge is -2.10. The maximum Gasteiger partial charge on any atom is 0.256 e. The van der Waals surface area contributed by atoms with Crippen LogP contribution in [0, 0.1) is 0 Å². The smallest absolute Gasteiger partial charge is 0.256 e. The van der Waals surface area contributed by atoms with Gasteiger partial charge in [-0.2, -0.15) is 0 Å². The first-order chi connectivity index (χ1) is 10.1. The first-order valence-electron chi connectivity index (χ1n) is 6.99. The Labute approximate surface area is 123 Å². The molecule has 1 heterocycles. The monoisotopic (exact) mass is 278 g/mol. The molecule has 2 aromatic carbocycles. The van der Waals surface area contributed by atoms with Crippen LogP contribution in [-0.2, 0) is 6.54 Å². The standard InChI is InChI=1S/C18H18N2O/c1-20(2)12-13-7-9-14(10-8-13)17-11-15-5-3-4-6-16(15)18(21)19-17/h3-11H,12H2,1-2H3,(H,19,21). The van der Waals surface area contributed by atoms with Crippen LogP contribution >= 0.6 is 0 Å². The molecular formula is C18H18N2O. The molecule has 3 heteroatoms. The molecule has 1 N–H and O–H groups in total. The number of nitrogens with one attached hydrogen (secondary N) is 1. The lowest BCUT2D eigenvalue weighted by molar-refractivity contribution is 0.402. The lowest BCUT2D eigenvalue weighted by Crippen LogP contribution is -2.10. The van der Waals surface area contributed by atoms with Gasteiger partial charge in [-0.25, -0.2) is 0 Å².